The first-order chi connectivity index (χ1) is 17.2. The van der Waals surface area contributed by atoms with E-state index in [-0.39, 0.29) is 24.8 Å². The van der Waals surface area contributed by atoms with Crippen molar-refractivity contribution in [1.82, 2.24) is 15.1 Å². The van der Waals surface area contributed by atoms with Gasteiger partial charge in [0, 0.05) is 43.7 Å². The lowest BCUT2D eigenvalue weighted by atomic mass is 9.98. The normalized spacial score (nSPS) is 17.1. The number of likely N-dealkylation sites (tertiary alicyclic amines) is 1. The zero-order chi connectivity index (χ0) is 24.5. The summed E-state index contributed by atoms with van der Waals surface area (Å²) in [5, 5.41) is 8.97. The molecule has 1 aromatic heterocycles. The molecule has 37 heavy (non-hydrogen) atoms. The molecular formula is C29H39Cl2N3O3. The van der Waals surface area contributed by atoms with Crippen molar-refractivity contribution in [3.8, 4) is 22.8 Å². The van der Waals surface area contributed by atoms with Gasteiger partial charge in [-0.1, -0.05) is 55.8 Å². The lowest BCUT2D eigenvalue weighted by Crippen LogP contribution is -2.24. The van der Waals surface area contributed by atoms with Crippen LogP contribution in [-0.2, 0) is 17.8 Å². The van der Waals surface area contributed by atoms with Gasteiger partial charge in [-0.25, -0.2) is 0 Å². The van der Waals surface area contributed by atoms with Crippen LogP contribution in [0.1, 0.15) is 31.0 Å². The van der Waals surface area contributed by atoms with Crippen LogP contribution in [0.5, 0.6) is 11.6 Å². The highest BCUT2D eigenvalue weighted by atomic mass is 35.5. The third-order valence-corrected chi connectivity index (χ3v) is 6.61. The molecule has 8 heteroatoms. The zero-order valence-electron chi connectivity index (χ0n) is 22.0. The summed E-state index contributed by atoms with van der Waals surface area (Å²) < 4.78 is 17.6. The summed E-state index contributed by atoms with van der Waals surface area (Å²) in [7, 11) is 3.91. The fourth-order valence-corrected chi connectivity index (χ4v) is 4.68. The van der Waals surface area contributed by atoms with Crippen LogP contribution in [-0.4, -0.2) is 55.6 Å². The molecule has 0 bridgehead atoms. The maximum atomic E-state index is 6.17. The summed E-state index contributed by atoms with van der Waals surface area (Å²) >= 11 is 0. The lowest BCUT2D eigenvalue weighted by molar-refractivity contribution is 0.118. The summed E-state index contributed by atoms with van der Waals surface area (Å²) in [4.78, 5) is 2.34. The Kier molecular flexibility index (Phi) is 13.1. The highest BCUT2D eigenvalue weighted by Crippen LogP contribution is 2.29. The molecule has 3 aromatic rings. The molecule has 1 fully saturated rings. The van der Waals surface area contributed by atoms with Crippen molar-refractivity contribution >= 4 is 24.8 Å². The van der Waals surface area contributed by atoms with E-state index in [4.69, 9.17) is 14.2 Å². The van der Waals surface area contributed by atoms with Gasteiger partial charge >= 0.3 is 0 Å². The molecule has 0 spiro atoms. The third kappa shape index (κ3) is 8.85. The van der Waals surface area contributed by atoms with E-state index in [2.05, 4.69) is 53.3 Å². The Balaban J connectivity index is 0.00000241. The molecule has 2 aromatic carbocycles. The Hall–Kier alpha value is -2.38. The van der Waals surface area contributed by atoms with Crippen LogP contribution in [0.2, 0.25) is 0 Å². The Morgan fingerprint density at radius 3 is 2.27 bits per heavy atom. The van der Waals surface area contributed by atoms with Crippen molar-refractivity contribution < 1.29 is 14.2 Å². The van der Waals surface area contributed by atoms with E-state index < -0.39 is 0 Å². The highest BCUT2D eigenvalue weighted by Gasteiger charge is 2.31. The second kappa shape index (κ2) is 15.8. The number of unbranched alkanes of at least 4 members (excludes halogenated alkanes) is 1. The molecule has 0 saturated carbocycles. The predicted molar refractivity (Wildman–Crippen MR) is 153 cm³/mol. The van der Waals surface area contributed by atoms with E-state index in [1.165, 1.54) is 0 Å². The highest BCUT2D eigenvalue weighted by molar-refractivity contribution is 5.85. The van der Waals surface area contributed by atoms with Gasteiger partial charge in [-0.3, -0.25) is 0 Å². The number of hydrogen-bond donors (Lipinski definition) is 0. The number of ether oxygens (including phenoxy) is 3. The predicted octanol–water partition coefficient (Wildman–Crippen LogP) is 6.11. The second-order valence-electron chi connectivity index (χ2n) is 9.45. The van der Waals surface area contributed by atoms with E-state index in [9.17, 15) is 0 Å². The van der Waals surface area contributed by atoms with E-state index >= 15 is 0 Å². The van der Waals surface area contributed by atoms with E-state index in [1.807, 2.05) is 36.4 Å². The number of nitrogens with zero attached hydrogens (tertiary/aromatic N) is 3. The molecule has 0 aliphatic carbocycles. The molecule has 4 rings (SSSR count). The summed E-state index contributed by atoms with van der Waals surface area (Å²) in [5.41, 5.74) is 4.34. The Morgan fingerprint density at radius 1 is 0.892 bits per heavy atom. The minimum atomic E-state index is 0. The number of benzene rings is 2. The van der Waals surface area contributed by atoms with Crippen LogP contribution in [0.4, 0.5) is 0 Å². The average Bonchev–Trinajstić information content (AvgIpc) is 3.25. The number of aromatic nitrogens is 2. The Morgan fingerprint density at radius 2 is 1.59 bits per heavy atom. The molecule has 0 radical (unpaired) electrons. The van der Waals surface area contributed by atoms with Crippen LogP contribution >= 0.6 is 24.8 Å². The van der Waals surface area contributed by atoms with Gasteiger partial charge < -0.3 is 19.1 Å². The number of hydrogen-bond acceptors (Lipinski definition) is 6. The van der Waals surface area contributed by atoms with Crippen LogP contribution < -0.4 is 9.47 Å². The van der Waals surface area contributed by atoms with E-state index in [1.54, 1.807) is 7.11 Å². The molecule has 0 unspecified atom stereocenters. The van der Waals surface area contributed by atoms with Crippen molar-refractivity contribution in [1.29, 1.82) is 0 Å². The van der Waals surface area contributed by atoms with Crippen LogP contribution in [0.3, 0.4) is 0 Å². The summed E-state index contributed by atoms with van der Waals surface area (Å²) in [6.07, 6.45) is 3.09. The summed E-state index contributed by atoms with van der Waals surface area (Å²) in [6, 6.07) is 20.5. The molecule has 1 aliphatic heterocycles. The quantitative estimate of drug-likeness (QED) is 0.272. The van der Waals surface area contributed by atoms with Crippen molar-refractivity contribution in [2.45, 2.75) is 32.8 Å². The van der Waals surface area contributed by atoms with Gasteiger partial charge in [-0.2, -0.15) is 5.10 Å². The van der Waals surface area contributed by atoms with E-state index in [0.717, 1.165) is 67.1 Å². The largest absolute Gasteiger partial charge is 0.489 e. The molecule has 2 heterocycles. The third-order valence-electron chi connectivity index (χ3n) is 6.61. The van der Waals surface area contributed by atoms with Gasteiger partial charge in [0.1, 0.15) is 12.4 Å². The number of aryl methyl sites for hydroxylation is 1. The smallest absolute Gasteiger partial charge is 0.234 e. The summed E-state index contributed by atoms with van der Waals surface area (Å²) in [5.74, 6) is 2.33. The Labute approximate surface area is 233 Å². The monoisotopic (exact) mass is 547 g/mol. The first kappa shape index (κ1) is 30.8. The van der Waals surface area contributed by atoms with Crippen molar-refractivity contribution in [2.75, 3.05) is 40.5 Å². The standard InChI is InChI=1S/C29H37N3O3.2ClH/c1-4-5-11-28-27(23-12-14-26(15-13-23)34-19-22-9-7-6-8-10-22)16-29(31-30-28)35-21-25-18-32(2)17-24(25)20-33-3;;/h6-10,12-16,24-25H,4-5,11,17-21H2,1-3H3;2*1H/t24-,25-;;/m0../s1. The minimum Gasteiger partial charge on any atom is -0.489 e. The molecule has 0 amide bonds. The number of methoxy groups -OCH3 is 1. The molecule has 202 valence electrons. The van der Waals surface area contributed by atoms with Crippen LogP contribution in [0.25, 0.3) is 11.1 Å². The van der Waals surface area contributed by atoms with Gasteiger partial charge in [0.25, 0.3) is 0 Å². The van der Waals surface area contributed by atoms with Crippen molar-refractivity contribution in [3.05, 3.63) is 71.9 Å². The van der Waals surface area contributed by atoms with Gasteiger partial charge in [0.05, 0.1) is 18.9 Å². The molecular weight excluding hydrogens is 509 g/mol. The van der Waals surface area contributed by atoms with Gasteiger partial charge in [-0.15, -0.1) is 29.9 Å². The zero-order valence-corrected chi connectivity index (χ0v) is 23.6. The number of halogens is 2. The summed E-state index contributed by atoms with van der Waals surface area (Å²) in [6.45, 7) is 6.16. The lowest BCUT2D eigenvalue weighted by Gasteiger charge is -2.18. The SMILES string of the molecule is CCCCc1nnc(OC[C@@H]2CN(C)C[C@H]2COC)cc1-c1ccc(OCc2ccccc2)cc1.Cl.Cl. The maximum Gasteiger partial charge on any atom is 0.234 e. The van der Waals surface area contributed by atoms with Gasteiger partial charge in [-0.05, 0) is 43.1 Å². The molecule has 0 N–H and O–H groups in total. The fraction of sp³-hybridized carbons (Fsp3) is 0.448. The minimum absolute atomic E-state index is 0. The first-order valence-corrected chi connectivity index (χ1v) is 12.6. The van der Waals surface area contributed by atoms with Crippen LogP contribution in [0.15, 0.2) is 60.7 Å². The average molecular weight is 549 g/mol. The first-order valence-electron chi connectivity index (χ1n) is 12.6. The van der Waals surface area contributed by atoms with Gasteiger partial charge in [0.2, 0.25) is 5.88 Å². The molecule has 1 saturated heterocycles. The number of rotatable bonds is 12. The maximum absolute atomic E-state index is 6.17. The van der Waals surface area contributed by atoms with Crippen LogP contribution in [0, 0.1) is 11.8 Å². The Bertz CT molecular complexity index is 1050. The fourth-order valence-electron chi connectivity index (χ4n) is 4.68. The molecule has 1 aliphatic rings. The molecule has 2 atom stereocenters. The van der Waals surface area contributed by atoms with E-state index in [0.29, 0.717) is 30.9 Å². The van der Waals surface area contributed by atoms with Gasteiger partial charge in [0.15, 0.2) is 0 Å². The second-order valence-corrected chi connectivity index (χ2v) is 9.45. The topological polar surface area (TPSA) is 56.7 Å². The van der Waals surface area contributed by atoms with Crippen molar-refractivity contribution in [2.24, 2.45) is 11.8 Å². The van der Waals surface area contributed by atoms with Crippen molar-refractivity contribution in [3.63, 3.8) is 0 Å². The molecule has 6 nitrogen and oxygen atoms in total.